The van der Waals surface area contributed by atoms with Gasteiger partial charge in [0.15, 0.2) is 0 Å². The van der Waals surface area contributed by atoms with E-state index >= 15 is 0 Å². The van der Waals surface area contributed by atoms with Gasteiger partial charge in [-0.1, -0.05) is 0 Å². The summed E-state index contributed by atoms with van der Waals surface area (Å²) in [7, 11) is -7.86. The smallest absolute Gasteiger partial charge is 0.303 e. The monoisotopic (exact) mass is 534 g/mol. The summed E-state index contributed by atoms with van der Waals surface area (Å²) in [5.41, 5.74) is 0. The summed E-state index contributed by atoms with van der Waals surface area (Å²) in [6.45, 7) is 5.19. The first-order chi connectivity index (χ1) is 8.18. The highest BCUT2D eigenvalue weighted by Gasteiger charge is 2.17. The fourth-order valence-electron chi connectivity index (χ4n) is 0.532. The van der Waals surface area contributed by atoms with E-state index in [1.54, 1.807) is 13.8 Å². The van der Waals surface area contributed by atoms with Gasteiger partial charge in [-0.2, -0.15) is 0 Å². The van der Waals surface area contributed by atoms with E-state index in [1.165, 1.54) is 6.92 Å². The van der Waals surface area contributed by atoms with Crippen molar-refractivity contribution in [3.63, 3.8) is 0 Å². The maximum atomic E-state index is 10.5. The quantitative estimate of drug-likeness (QED) is 0.352. The lowest BCUT2D eigenvalue weighted by molar-refractivity contribution is 0.161. The highest BCUT2D eigenvalue weighted by molar-refractivity contribution is 15.0. The van der Waals surface area contributed by atoms with Gasteiger partial charge in [0.1, 0.15) is 0 Å². The second kappa shape index (κ2) is 15.1. The van der Waals surface area contributed by atoms with Crippen molar-refractivity contribution in [2.45, 2.75) is 20.8 Å². The Labute approximate surface area is 130 Å². The van der Waals surface area contributed by atoms with Crippen LogP contribution in [0.1, 0.15) is 20.8 Å². The van der Waals surface area contributed by atoms with Crippen molar-refractivity contribution in [3.05, 3.63) is 0 Å². The van der Waals surface area contributed by atoms with Gasteiger partial charge in [-0.3, -0.25) is 13.6 Å². The number of phosphoric acid groups is 2. The minimum Gasteiger partial charge on any atom is -0.303 e. The Morgan fingerprint density at radius 2 is 1.11 bits per heavy atom. The van der Waals surface area contributed by atoms with Crippen molar-refractivity contribution in [2.75, 3.05) is 19.8 Å². The van der Waals surface area contributed by atoms with Gasteiger partial charge in [0.05, 0.1) is 19.8 Å². The lowest BCUT2D eigenvalue weighted by Gasteiger charge is -2.07. The van der Waals surface area contributed by atoms with Crippen molar-refractivity contribution in [2.24, 2.45) is 0 Å². The molecule has 0 aromatic rings. The van der Waals surface area contributed by atoms with Gasteiger partial charge in [-0.05, 0) is 20.8 Å². The summed E-state index contributed by atoms with van der Waals surface area (Å²) in [6, 6.07) is 0. The van der Waals surface area contributed by atoms with E-state index < -0.39 is 15.6 Å². The molecule has 0 atom stereocenters. The van der Waals surface area contributed by atoms with Crippen LogP contribution in [0.3, 0.4) is 0 Å². The average molecular weight is 534 g/mol. The predicted octanol–water partition coefficient (Wildman–Crippen LogP) is 3.05. The molecule has 0 aromatic heterocycles. The first-order valence-electron chi connectivity index (χ1n) is 4.64. The SMILES string of the molecule is CCOP(=O)(O)O.CCOP(=O)(O)OCC.II. The molecule has 3 N–H and O–H groups in total. The molecule has 0 unspecified atom stereocenters. The van der Waals surface area contributed by atoms with Gasteiger partial charge in [0.25, 0.3) is 0 Å². The predicted molar refractivity (Wildman–Crippen MR) is 84.8 cm³/mol. The second-order valence-corrected chi connectivity index (χ2v) is 4.91. The van der Waals surface area contributed by atoms with Crippen LogP contribution in [0.2, 0.25) is 0 Å². The van der Waals surface area contributed by atoms with Gasteiger partial charge in [0.2, 0.25) is 0 Å². The molecule has 114 valence electrons. The topological polar surface area (TPSA) is 123 Å². The van der Waals surface area contributed by atoms with Crippen molar-refractivity contribution in [1.82, 2.24) is 0 Å². The molecule has 8 nitrogen and oxygen atoms in total. The maximum absolute atomic E-state index is 10.5. The van der Waals surface area contributed by atoms with E-state index in [-0.39, 0.29) is 19.8 Å². The minimum atomic E-state index is -4.17. The number of phosphoric ester groups is 2. The van der Waals surface area contributed by atoms with Crippen LogP contribution < -0.4 is 0 Å². The standard InChI is InChI=1S/C4H11O4P.C2H7O4P.I2/c1-3-7-9(5,6)8-4-2;1-2-6-7(3,4)5;1-2/h3-4H2,1-2H3,(H,5,6);2H2,1H3,(H2,3,4,5);. The third kappa shape index (κ3) is 26.3. The Morgan fingerprint density at radius 3 is 1.22 bits per heavy atom. The molecule has 0 spiro atoms. The van der Waals surface area contributed by atoms with Crippen LogP contribution in [0.15, 0.2) is 0 Å². The van der Waals surface area contributed by atoms with Crippen LogP contribution in [-0.2, 0) is 22.7 Å². The Hall–Kier alpha value is 1.68. The molecular weight excluding hydrogens is 516 g/mol. The zero-order valence-electron chi connectivity index (χ0n) is 10.2. The van der Waals surface area contributed by atoms with Crippen LogP contribution in [-0.4, -0.2) is 34.5 Å². The molecule has 0 saturated heterocycles. The van der Waals surface area contributed by atoms with E-state index in [0.717, 1.165) is 0 Å². The Bertz CT molecular complexity index is 248. The lowest BCUT2D eigenvalue weighted by Crippen LogP contribution is -1.93. The number of hydrogen-bond donors (Lipinski definition) is 3. The molecule has 12 heteroatoms. The number of halogens is 2. The second-order valence-electron chi connectivity index (χ2n) is 2.21. The molecule has 0 aliphatic heterocycles. The summed E-state index contributed by atoms with van der Waals surface area (Å²) in [5, 5.41) is 0. The van der Waals surface area contributed by atoms with Crippen LogP contribution in [0.25, 0.3) is 0 Å². The molecule has 18 heavy (non-hydrogen) atoms. The summed E-state index contributed by atoms with van der Waals surface area (Å²) in [5.74, 6) is 0. The van der Waals surface area contributed by atoms with E-state index in [2.05, 4.69) is 50.8 Å². The maximum Gasteiger partial charge on any atom is 0.472 e. The van der Waals surface area contributed by atoms with Gasteiger partial charge in [-0.25, -0.2) is 9.13 Å². The van der Waals surface area contributed by atoms with Crippen molar-refractivity contribution < 1.29 is 37.4 Å². The summed E-state index contributed by atoms with van der Waals surface area (Å²) >= 11 is 4.24. The Morgan fingerprint density at radius 1 is 0.833 bits per heavy atom. The van der Waals surface area contributed by atoms with Gasteiger partial charge < -0.3 is 14.7 Å². The zero-order valence-corrected chi connectivity index (χ0v) is 16.3. The number of rotatable bonds is 6. The molecule has 0 heterocycles. The summed E-state index contributed by atoms with van der Waals surface area (Å²) < 4.78 is 32.8. The largest absolute Gasteiger partial charge is 0.472 e. The molecule has 0 aliphatic rings. The summed E-state index contributed by atoms with van der Waals surface area (Å²) in [6.07, 6.45) is 0. The van der Waals surface area contributed by atoms with Gasteiger partial charge >= 0.3 is 15.6 Å². The highest BCUT2D eigenvalue weighted by Crippen LogP contribution is 2.42. The lowest BCUT2D eigenvalue weighted by atomic mass is 10.9. The van der Waals surface area contributed by atoms with E-state index in [1.807, 2.05) is 0 Å². The van der Waals surface area contributed by atoms with E-state index in [4.69, 9.17) is 14.7 Å². The molecule has 0 aromatic carbocycles. The molecule has 0 saturated carbocycles. The zero-order chi connectivity index (χ0) is 15.2. The minimum absolute atomic E-state index is 0.0459. The third-order valence-electron chi connectivity index (χ3n) is 0.882. The first kappa shape index (κ1) is 24.7. The molecule has 0 aliphatic carbocycles. The molecule has 0 radical (unpaired) electrons. The molecule has 0 amide bonds. The fourth-order valence-corrected chi connectivity index (χ4v) is 1.60. The third-order valence-corrected chi connectivity index (χ3v) is 2.65. The van der Waals surface area contributed by atoms with E-state index in [0.29, 0.717) is 0 Å². The highest BCUT2D eigenvalue weighted by atomic mass is 128. The number of hydrogen-bond acceptors (Lipinski definition) is 5. The van der Waals surface area contributed by atoms with Gasteiger partial charge in [-0.15, -0.1) is 0 Å². The van der Waals surface area contributed by atoms with Crippen molar-refractivity contribution in [3.8, 4) is 0 Å². The van der Waals surface area contributed by atoms with Crippen molar-refractivity contribution in [1.29, 1.82) is 0 Å². The van der Waals surface area contributed by atoms with Crippen LogP contribution in [0, 0.1) is 0 Å². The Balaban J connectivity index is -0.000000225. The molecular formula is C6H18I2O8P2. The fraction of sp³-hybridized carbons (Fsp3) is 1.00. The van der Waals surface area contributed by atoms with Crippen LogP contribution >= 0.6 is 52.9 Å². The first-order valence-corrected chi connectivity index (χ1v) is 14.0. The van der Waals surface area contributed by atoms with Crippen LogP contribution in [0.4, 0.5) is 0 Å². The normalized spacial score (nSPS) is 10.9. The molecule has 0 rings (SSSR count). The van der Waals surface area contributed by atoms with Gasteiger partial charge in [0, 0.05) is 37.2 Å². The Kier molecular flexibility index (Phi) is 20.7. The molecule has 0 bridgehead atoms. The van der Waals surface area contributed by atoms with Crippen LogP contribution in [0.5, 0.6) is 0 Å². The average Bonchev–Trinajstić information content (AvgIpc) is 2.19. The van der Waals surface area contributed by atoms with E-state index in [9.17, 15) is 9.13 Å². The summed E-state index contributed by atoms with van der Waals surface area (Å²) in [4.78, 5) is 24.4. The molecule has 0 fully saturated rings. The van der Waals surface area contributed by atoms with Crippen molar-refractivity contribution >= 4 is 52.9 Å².